The molecule has 106 valence electrons. The lowest BCUT2D eigenvalue weighted by Gasteiger charge is -2.08. The lowest BCUT2D eigenvalue weighted by molar-refractivity contribution is 0.204. The summed E-state index contributed by atoms with van der Waals surface area (Å²) in [7, 11) is 0. The van der Waals surface area contributed by atoms with Gasteiger partial charge in [0.15, 0.2) is 4.34 Å². The van der Waals surface area contributed by atoms with Crippen molar-refractivity contribution in [3.63, 3.8) is 0 Å². The number of benzene rings is 1. The van der Waals surface area contributed by atoms with Crippen molar-refractivity contribution in [1.29, 1.82) is 0 Å². The lowest BCUT2D eigenvalue weighted by Crippen LogP contribution is -2.00. The first kappa shape index (κ1) is 13.8. The minimum Gasteiger partial charge on any atom is -0.388 e. The number of hydrogen-bond donors (Lipinski definition) is 2. The Morgan fingerprint density at radius 3 is 2.80 bits per heavy atom. The van der Waals surface area contributed by atoms with Gasteiger partial charge in [0.05, 0.1) is 6.10 Å². The van der Waals surface area contributed by atoms with Crippen LogP contribution in [0.1, 0.15) is 24.5 Å². The molecule has 1 fully saturated rings. The molecular weight excluding hydrogens is 297 g/mol. The van der Waals surface area contributed by atoms with E-state index in [1.807, 2.05) is 0 Å². The van der Waals surface area contributed by atoms with E-state index in [0.717, 1.165) is 9.47 Å². The van der Waals surface area contributed by atoms with E-state index in [0.29, 0.717) is 17.4 Å². The molecule has 0 bridgehead atoms. The molecule has 1 heterocycles. The van der Waals surface area contributed by atoms with Gasteiger partial charge in [-0.25, -0.2) is 4.39 Å². The largest absolute Gasteiger partial charge is 0.388 e. The normalized spacial score (nSPS) is 16.1. The van der Waals surface area contributed by atoms with Gasteiger partial charge < -0.3 is 10.4 Å². The summed E-state index contributed by atoms with van der Waals surface area (Å²) in [6.45, 7) is 0. The Morgan fingerprint density at radius 1 is 1.35 bits per heavy atom. The fraction of sp³-hybridized carbons (Fsp3) is 0.385. The number of anilines is 1. The first-order chi connectivity index (χ1) is 9.70. The zero-order valence-corrected chi connectivity index (χ0v) is 12.3. The van der Waals surface area contributed by atoms with Crippen LogP contribution in [0, 0.1) is 5.82 Å². The highest BCUT2D eigenvalue weighted by Crippen LogP contribution is 2.31. The molecule has 1 aliphatic carbocycles. The van der Waals surface area contributed by atoms with Crippen molar-refractivity contribution < 1.29 is 9.50 Å². The molecule has 2 N–H and O–H groups in total. The molecule has 1 aromatic heterocycles. The summed E-state index contributed by atoms with van der Waals surface area (Å²) < 4.78 is 13.6. The first-order valence-electron chi connectivity index (χ1n) is 6.37. The van der Waals surface area contributed by atoms with Crippen LogP contribution in [0.15, 0.2) is 28.6 Å². The number of aromatic nitrogens is 2. The highest BCUT2D eigenvalue weighted by Gasteiger charge is 2.22. The molecular formula is C13H14FN3OS2. The maximum atomic E-state index is 12.8. The number of nitrogens with one attached hydrogen (secondary N) is 1. The minimum atomic E-state index is -0.635. The number of hydrogen-bond acceptors (Lipinski definition) is 6. The molecule has 0 aliphatic heterocycles. The van der Waals surface area contributed by atoms with Crippen LogP contribution >= 0.6 is 23.1 Å². The van der Waals surface area contributed by atoms with Crippen molar-refractivity contribution in [1.82, 2.24) is 10.2 Å². The average molecular weight is 311 g/mol. The number of halogens is 1. The Hall–Kier alpha value is -1.18. The van der Waals surface area contributed by atoms with Gasteiger partial charge in [-0.2, -0.15) is 0 Å². The van der Waals surface area contributed by atoms with Crippen LogP contribution < -0.4 is 5.32 Å². The molecule has 0 radical (unpaired) electrons. The average Bonchev–Trinajstić information content (AvgIpc) is 3.14. The summed E-state index contributed by atoms with van der Waals surface area (Å²) in [5.41, 5.74) is 0.708. The summed E-state index contributed by atoms with van der Waals surface area (Å²) in [4.78, 5) is 0. The smallest absolute Gasteiger partial charge is 0.206 e. The van der Waals surface area contributed by atoms with Crippen molar-refractivity contribution in [3.05, 3.63) is 35.6 Å². The van der Waals surface area contributed by atoms with E-state index in [2.05, 4.69) is 15.5 Å². The monoisotopic (exact) mass is 311 g/mol. The second-order valence-electron chi connectivity index (χ2n) is 4.67. The topological polar surface area (TPSA) is 58.0 Å². The quantitative estimate of drug-likeness (QED) is 0.803. The predicted molar refractivity (Wildman–Crippen MR) is 78.6 cm³/mol. The summed E-state index contributed by atoms with van der Waals surface area (Å²) in [6.07, 6.45) is 1.76. The van der Waals surface area contributed by atoms with E-state index in [1.54, 1.807) is 12.1 Å². The zero-order chi connectivity index (χ0) is 13.9. The molecule has 20 heavy (non-hydrogen) atoms. The third kappa shape index (κ3) is 3.68. The van der Waals surface area contributed by atoms with Gasteiger partial charge in [0.1, 0.15) is 5.82 Å². The van der Waals surface area contributed by atoms with Crippen LogP contribution in [-0.2, 0) is 0 Å². The van der Waals surface area contributed by atoms with Gasteiger partial charge in [-0.05, 0) is 30.5 Å². The number of aliphatic hydroxyl groups excluding tert-OH is 1. The molecule has 4 nitrogen and oxygen atoms in total. The van der Waals surface area contributed by atoms with Crippen LogP contribution in [-0.4, -0.2) is 27.1 Å². The Balaban J connectivity index is 1.52. The van der Waals surface area contributed by atoms with E-state index in [4.69, 9.17) is 0 Å². The number of aliphatic hydroxyl groups is 1. The van der Waals surface area contributed by atoms with Crippen LogP contribution in [0.2, 0.25) is 0 Å². The maximum absolute atomic E-state index is 12.8. The predicted octanol–water partition coefficient (Wildman–Crippen LogP) is 3.08. The fourth-order valence-corrected chi connectivity index (χ4v) is 3.48. The number of rotatable bonds is 6. The van der Waals surface area contributed by atoms with E-state index < -0.39 is 6.10 Å². The molecule has 1 saturated carbocycles. The van der Waals surface area contributed by atoms with Gasteiger partial charge in [-0.15, -0.1) is 10.2 Å². The SMILES string of the molecule is O[C@@H](CSc1nnc(NC2CC2)s1)c1ccc(F)cc1. The van der Waals surface area contributed by atoms with E-state index >= 15 is 0 Å². The molecule has 1 aliphatic rings. The third-order valence-electron chi connectivity index (χ3n) is 2.93. The van der Waals surface area contributed by atoms with Crippen molar-refractivity contribution >= 4 is 28.2 Å². The standard InChI is InChI=1S/C13H14FN3OS2/c14-9-3-1-8(2-4-9)11(18)7-19-13-17-16-12(20-13)15-10-5-6-10/h1-4,10-11,18H,5-7H2,(H,15,16)/t11-/m0/s1. The Labute approximate surface area is 124 Å². The molecule has 0 spiro atoms. The van der Waals surface area contributed by atoms with Crippen LogP contribution in [0.4, 0.5) is 9.52 Å². The van der Waals surface area contributed by atoms with Crippen molar-refractivity contribution in [3.8, 4) is 0 Å². The van der Waals surface area contributed by atoms with E-state index in [-0.39, 0.29) is 5.82 Å². The number of thioether (sulfide) groups is 1. The zero-order valence-electron chi connectivity index (χ0n) is 10.6. The Kier molecular flexibility index (Phi) is 4.18. The van der Waals surface area contributed by atoms with Gasteiger partial charge >= 0.3 is 0 Å². The Bertz CT molecular complexity index is 571. The van der Waals surface area contributed by atoms with Crippen molar-refractivity contribution in [2.75, 3.05) is 11.1 Å². The highest BCUT2D eigenvalue weighted by molar-refractivity contribution is 8.01. The summed E-state index contributed by atoms with van der Waals surface area (Å²) >= 11 is 2.96. The summed E-state index contributed by atoms with van der Waals surface area (Å²) in [5, 5.41) is 22.3. The second kappa shape index (κ2) is 6.07. The van der Waals surface area contributed by atoms with Gasteiger partial charge in [0.2, 0.25) is 5.13 Å². The Morgan fingerprint density at radius 2 is 2.10 bits per heavy atom. The van der Waals surface area contributed by atoms with Crippen molar-refractivity contribution in [2.45, 2.75) is 29.3 Å². The van der Waals surface area contributed by atoms with Crippen LogP contribution in [0.3, 0.4) is 0 Å². The van der Waals surface area contributed by atoms with Gasteiger partial charge in [-0.1, -0.05) is 35.2 Å². The van der Waals surface area contributed by atoms with Gasteiger partial charge in [0, 0.05) is 11.8 Å². The molecule has 7 heteroatoms. The van der Waals surface area contributed by atoms with Crippen molar-refractivity contribution in [2.24, 2.45) is 0 Å². The molecule has 1 aromatic carbocycles. The number of nitrogens with zero attached hydrogens (tertiary/aromatic N) is 2. The summed E-state index contributed by atoms with van der Waals surface area (Å²) in [5.74, 6) is 0.178. The van der Waals surface area contributed by atoms with Crippen LogP contribution in [0.5, 0.6) is 0 Å². The fourth-order valence-electron chi connectivity index (χ4n) is 1.66. The minimum absolute atomic E-state index is 0.298. The highest BCUT2D eigenvalue weighted by atomic mass is 32.2. The maximum Gasteiger partial charge on any atom is 0.206 e. The third-order valence-corrected chi connectivity index (χ3v) is 4.99. The second-order valence-corrected chi connectivity index (χ2v) is 6.91. The molecule has 1 atom stereocenters. The van der Waals surface area contributed by atoms with E-state index in [9.17, 15) is 9.50 Å². The molecule has 0 unspecified atom stereocenters. The lowest BCUT2D eigenvalue weighted by atomic mass is 10.1. The van der Waals surface area contributed by atoms with E-state index in [1.165, 1.54) is 48.1 Å². The molecule has 3 rings (SSSR count). The molecule has 0 amide bonds. The molecule has 2 aromatic rings. The van der Waals surface area contributed by atoms with Crippen LogP contribution in [0.25, 0.3) is 0 Å². The van der Waals surface area contributed by atoms with Gasteiger partial charge in [0.25, 0.3) is 0 Å². The van der Waals surface area contributed by atoms with Gasteiger partial charge in [-0.3, -0.25) is 0 Å². The summed E-state index contributed by atoms with van der Waals surface area (Å²) in [6, 6.07) is 6.46. The molecule has 0 saturated heterocycles. The first-order valence-corrected chi connectivity index (χ1v) is 8.17.